The third-order valence-corrected chi connectivity index (χ3v) is 7.00. The van der Waals surface area contributed by atoms with Crippen LogP contribution in [0.2, 0.25) is 5.02 Å². The highest BCUT2D eigenvalue weighted by Gasteiger charge is 2.27. The second-order valence-corrected chi connectivity index (χ2v) is 9.28. The van der Waals surface area contributed by atoms with E-state index in [0.717, 1.165) is 18.4 Å². The van der Waals surface area contributed by atoms with Gasteiger partial charge in [0, 0.05) is 29.7 Å². The van der Waals surface area contributed by atoms with E-state index in [0.29, 0.717) is 29.6 Å². The van der Waals surface area contributed by atoms with Gasteiger partial charge in [-0.3, -0.25) is 0 Å². The van der Waals surface area contributed by atoms with E-state index in [1.807, 2.05) is 0 Å². The van der Waals surface area contributed by atoms with Crippen LogP contribution in [0.5, 0.6) is 0 Å². The molecule has 0 bridgehead atoms. The molecule has 0 radical (unpaired) electrons. The van der Waals surface area contributed by atoms with Crippen molar-refractivity contribution in [2.45, 2.75) is 24.3 Å². The summed E-state index contributed by atoms with van der Waals surface area (Å²) in [5.41, 5.74) is 1.53. The van der Waals surface area contributed by atoms with Crippen LogP contribution >= 0.6 is 11.6 Å². The van der Waals surface area contributed by atoms with Gasteiger partial charge < -0.3 is 9.26 Å². The summed E-state index contributed by atoms with van der Waals surface area (Å²) < 4.78 is 37.1. The molecule has 0 saturated carbocycles. The third-order valence-electron chi connectivity index (χ3n) is 4.83. The summed E-state index contributed by atoms with van der Waals surface area (Å²) in [6.07, 6.45) is 1.73. The summed E-state index contributed by atoms with van der Waals surface area (Å²) in [7, 11) is -3.51. The van der Waals surface area contributed by atoms with Crippen molar-refractivity contribution in [2.75, 3.05) is 13.1 Å². The second kappa shape index (κ2) is 8.59. The quantitative estimate of drug-likeness (QED) is 0.529. The van der Waals surface area contributed by atoms with Crippen molar-refractivity contribution in [1.82, 2.24) is 9.46 Å². The average molecular weight is 447 g/mol. The van der Waals surface area contributed by atoms with Crippen LogP contribution in [0.4, 0.5) is 0 Å². The van der Waals surface area contributed by atoms with E-state index < -0.39 is 16.0 Å². The normalized spacial score (nSPS) is 14.7. The zero-order valence-electron chi connectivity index (χ0n) is 16.0. The number of hydrogen-bond acceptors (Lipinski definition) is 6. The molecule has 2 heterocycles. The van der Waals surface area contributed by atoms with E-state index in [-0.39, 0.29) is 17.1 Å². The highest BCUT2D eigenvalue weighted by atomic mass is 35.5. The molecule has 9 heteroatoms. The molecule has 156 valence electrons. The molecule has 3 aromatic rings. The van der Waals surface area contributed by atoms with Gasteiger partial charge in [0.2, 0.25) is 10.0 Å². The lowest BCUT2D eigenvalue weighted by atomic mass is 10.2. The lowest BCUT2D eigenvalue weighted by Gasteiger charge is -2.15. The molecule has 1 fully saturated rings. The highest BCUT2D eigenvalue weighted by Crippen LogP contribution is 2.23. The van der Waals surface area contributed by atoms with Gasteiger partial charge in [-0.15, -0.1) is 0 Å². The number of ether oxygens (including phenoxy) is 1. The van der Waals surface area contributed by atoms with Gasteiger partial charge >= 0.3 is 5.97 Å². The molecule has 2 aromatic carbocycles. The van der Waals surface area contributed by atoms with Crippen molar-refractivity contribution >= 4 is 27.6 Å². The van der Waals surface area contributed by atoms with E-state index >= 15 is 0 Å². The van der Waals surface area contributed by atoms with Crippen LogP contribution in [-0.4, -0.2) is 36.9 Å². The van der Waals surface area contributed by atoms with Crippen LogP contribution in [0, 0.1) is 0 Å². The molecule has 1 saturated heterocycles. The Balaban J connectivity index is 1.38. The van der Waals surface area contributed by atoms with Gasteiger partial charge in [0.05, 0.1) is 10.5 Å². The monoisotopic (exact) mass is 446 g/mol. The molecule has 0 amide bonds. The number of halogens is 1. The lowest BCUT2D eigenvalue weighted by molar-refractivity contribution is 0.0464. The molecule has 4 rings (SSSR count). The van der Waals surface area contributed by atoms with Crippen molar-refractivity contribution in [3.63, 3.8) is 0 Å². The molecule has 30 heavy (non-hydrogen) atoms. The van der Waals surface area contributed by atoms with Gasteiger partial charge in [-0.05, 0) is 61.4 Å². The van der Waals surface area contributed by atoms with Crippen LogP contribution in [0.15, 0.2) is 64.0 Å². The van der Waals surface area contributed by atoms with Crippen LogP contribution < -0.4 is 0 Å². The van der Waals surface area contributed by atoms with E-state index in [9.17, 15) is 13.2 Å². The highest BCUT2D eigenvalue weighted by molar-refractivity contribution is 7.89. The molecule has 7 nitrogen and oxygen atoms in total. The third kappa shape index (κ3) is 4.40. The van der Waals surface area contributed by atoms with Gasteiger partial charge in [0.15, 0.2) is 5.76 Å². The van der Waals surface area contributed by atoms with Crippen LogP contribution in [-0.2, 0) is 21.4 Å². The van der Waals surface area contributed by atoms with Gasteiger partial charge in [0.25, 0.3) is 0 Å². The fourth-order valence-corrected chi connectivity index (χ4v) is 4.84. The molecule has 0 N–H and O–H groups in total. The summed E-state index contributed by atoms with van der Waals surface area (Å²) in [6, 6.07) is 14.5. The SMILES string of the molecule is O=C(OCc1cc(-c2ccc(Cl)cc2)on1)c1ccc(S(=O)(=O)N2CCCC2)cc1. The molecule has 1 aliphatic heterocycles. The predicted molar refractivity (Wildman–Crippen MR) is 111 cm³/mol. The number of nitrogens with zero attached hydrogens (tertiary/aromatic N) is 2. The maximum atomic E-state index is 12.5. The number of rotatable bonds is 6. The fourth-order valence-electron chi connectivity index (χ4n) is 3.19. The minimum Gasteiger partial charge on any atom is -0.455 e. The summed E-state index contributed by atoms with van der Waals surface area (Å²) >= 11 is 5.88. The van der Waals surface area contributed by atoms with Gasteiger partial charge in [-0.1, -0.05) is 16.8 Å². The first kappa shape index (κ1) is 20.6. The first-order chi connectivity index (χ1) is 14.4. The lowest BCUT2D eigenvalue weighted by Crippen LogP contribution is -2.27. The molecule has 0 spiro atoms. The molecule has 0 aliphatic carbocycles. The Morgan fingerprint density at radius 3 is 2.40 bits per heavy atom. The van der Waals surface area contributed by atoms with Crippen molar-refractivity contribution in [1.29, 1.82) is 0 Å². The molecular weight excluding hydrogens is 428 g/mol. The van der Waals surface area contributed by atoms with E-state index in [1.54, 1.807) is 30.3 Å². The van der Waals surface area contributed by atoms with Crippen LogP contribution in [0.1, 0.15) is 28.9 Å². The minimum atomic E-state index is -3.51. The van der Waals surface area contributed by atoms with Gasteiger partial charge in [-0.2, -0.15) is 4.31 Å². The Hall–Kier alpha value is -2.68. The van der Waals surface area contributed by atoms with E-state index in [4.69, 9.17) is 20.9 Å². The Bertz CT molecular complexity index is 1130. The van der Waals surface area contributed by atoms with E-state index in [1.165, 1.54) is 28.6 Å². The standard InChI is InChI=1S/C21H19ClN2O5S/c22-17-7-3-15(4-8-17)20-13-18(23-29-20)14-28-21(25)16-5-9-19(10-6-16)30(26,27)24-11-1-2-12-24/h3-10,13H,1-2,11-12,14H2. The Kier molecular flexibility index (Phi) is 5.90. The predicted octanol–water partition coefficient (Wildman–Crippen LogP) is 4.14. The Labute approximate surface area is 179 Å². The molecule has 1 aliphatic rings. The van der Waals surface area contributed by atoms with Crippen molar-refractivity contribution < 1.29 is 22.5 Å². The van der Waals surface area contributed by atoms with Crippen molar-refractivity contribution in [3.05, 3.63) is 70.9 Å². The van der Waals surface area contributed by atoms with Crippen molar-refractivity contribution in [2.24, 2.45) is 0 Å². The molecular formula is C21H19ClN2O5S. The maximum absolute atomic E-state index is 12.5. The smallest absolute Gasteiger partial charge is 0.338 e. The topological polar surface area (TPSA) is 89.7 Å². The number of sulfonamides is 1. The second-order valence-electron chi connectivity index (χ2n) is 6.90. The first-order valence-electron chi connectivity index (χ1n) is 9.42. The number of carbonyl (C=O) groups is 1. The first-order valence-corrected chi connectivity index (χ1v) is 11.2. The fraction of sp³-hybridized carbons (Fsp3) is 0.238. The number of carbonyl (C=O) groups excluding carboxylic acids is 1. The largest absolute Gasteiger partial charge is 0.455 e. The van der Waals surface area contributed by atoms with E-state index in [2.05, 4.69) is 5.16 Å². The van der Waals surface area contributed by atoms with Gasteiger partial charge in [0.1, 0.15) is 12.3 Å². The summed E-state index contributed by atoms with van der Waals surface area (Å²) in [5.74, 6) is -0.0367. The maximum Gasteiger partial charge on any atom is 0.338 e. The summed E-state index contributed by atoms with van der Waals surface area (Å²) in [6.45, 7) is 0.993. The van der Waals surface area contributed by atoms with Gasteiger partial charge in [-0.25, -0.2) is 13.2 Å². The zero-order valence-corrected chi connectivity index (χ0v) is 17.5. The number of hydrogen-bond donors (Lipinski definition) is 0. The number of aromatic nitrogens is 1. The molecule has 0 unspecified atom stereocenters. The number of esters is 1. The van der Waals surface area contributed by atoms with Crippen LogP contribution in [0.3, 0.4) is 0 Å². The zero-order chi connectivity index (χ0) is 21.1. The molecule has 1 aromatic heterocycles. The average Bonchev–Trinajstić information content (AvgIpc) is 3.45. The minimum absolute atomic E-state index is 0.0657. The number of benzene rings is 2. The van der Waals surface area contributed by atoms with Crippen molar-refractivity contribution in [3.8, 4) is 11.3 Å². The summed E-state index contributed by atoms with van der Waals surface area (Å²) in [4.78, 5) is 12.5. The molecule has 0 atom stereocenters. The Morgan fingerprint density at radius 1 is 1.07 bits per heavy atom. The Morgan fingerprint density at radius 2 is 1.73 bits per heavy atom. The summed E-state index contributed by atoms with van der Waals surface area (Å²) in [5, 5.41) is 4.52. The van der Waals surface area contributed by atoms with Crippen LogP contribution in [0.25, 0.3) is 11.3 Å².